The van der Waals surface area contributed by atoms with Crippen molar-refractivity contribution in [1.29, 1.82) is 0 Å². The van der Waals surface area contributed by atoms with Gasteiger partial charge in [0.05, 0.1) is 6.04 Å². The van der Waals surface area contributed by atoms with Crippen molar-refractivity contribution in [3.63, 3.8) is 0 Å². The summed E-state index contributed by atoms with van der Waals surface area (Å²) in [4.78, 5) is 4.15. The molecular formula is C11H13F3N4. The summed E-state index contributed by atoms with van der Waals surface area (Å²) in [6.45, 7) is 0. The van der Waals surface area contributed by atoms with E-state index in [-0.39, 0.29) is 12.5 Å². The number of aliphatic imine (C=N–C) groups is 1. The Balaban J connectivity index is 1.84. The number of hydrogen-bond acceptors (Lipinski definition) is 4. The lowest BCUT2D eigenvalue weighted by molar-refractivity contribution is -0.168. The standard InChI is InChI=1S/C11H13F3N4/c12-11(13,14)7-2-1-3-8-16-10(15)9(6-4-5-6)18(8)17-7/h6-9,17H,2,4-5H2,(H2,15,16). The Morgan fingerprint density at radius 3 is 2.72 bits per heavy atom. The van der Waals surface area contributed by atoms with Crippen LogP contribution in [0, 0.1) is 17.8 Å². The fraction of sp³-hybridized carbons (Fsp3) is 0.727. The highest BCUT2D eigenvalue weighted by atomic mass is 19.4. The van der Waals surface area contributed by atoms with Crippen LogP contribution in [0.5, 0.6) is 0 Å². The Labute approximate surface area is 102 Å². The lowest BCUT2D eigenvalue weighted by Crippen LogP contribution is -2.57. The van der Waals surface area contributed by atoms with Gasteiger partial charge in [-0.25, -0.2) is 10.4 Å². The molecule has 3 atom stereocenters. The zero-order chi connectivity index (χ0) is 12.9. The molecule has 1 fully saturated rings. The first kappa shape index (κ1) is 11.8. The van der Waals surface area contributed by atoms with Gasteiger partial charge in [0.25, 0.3) is 0 Å². The van der Waals surface area contributed by atoms with Gasteiger partial charge in [0.2, 0.25) is 0 Å². The quantitative estimate of drug-likeness (QED) is 0.677. The molecule has 0 amide bonds. The van der Waals surface area contributed by atoms with Crippen molar-refractivity contribution in [2.45, 2.75) is 43.7 Å². The average Bonchev–Trinajstić information content (AvgIpc) is 3.05. The summed E-state index contributed by atoms with van der Waals surface area (Å²) in [5.41, 5.74) is 8.31. The zero-order valence-corrected chi connectivity index (χ0v) is 9.54. The predicted molar refractivity (Wildman–Crippen MR) is 59.1 cm³/mol. The second-order valence-electron chi connectivity index (χ2n) is 4.87. The maximum Gasteiger partial charge on any atom is 0.406 e. The van der Waals surface area contributed by atoms with Crippen LogP contribution in [-0.2, 0) is 0 Å². The van der Waals surface area contributed by atoms with Crippen LogP contribution in [0.15, 0.2) is 4.99 Å². The van der Waals surface area contributed by atoms with E-state index in [0.29, 0.717) is 11.8 Å². The molecule has 4 nitrogen and oxygen atoms in total. The van der Waals surface area contributed by atoms with Crippen molar-refractivity contribution in [2.24, 2.45) is 16.6 Å². The lowest BCUT2D eigenvalue weighted by atomic mass is 10.1. The fourth-order valence-electron chi connectivity index (χ4n) is 2.37. The second kappa shape index (κ2) is 3.87. The van der Waals surface area contributed by atoms with E-state index in [9.17, 15) is 13.2 Å². The summed E-state index contributed by atoms with van der Waals surface area (Å²) >= 11 is 0. The molecule has 0 aromatic rings. The number of halogens is 3. The van der Waals surface area contributed by atoms with E-state index in [1.54, 1.807) is 0 Å². The van der Waals surface area contributed by atoms with Crippen LogP contribution >= 0.6 is 0 Å². The van der Waals surface area contributed by atoms with Crippen LogP contribution in [0.1, 0.15) is 19.3 Å². The smallest absolute Gasteiger partial charge is 0.386 e. The van der Waals surface area contributed by atoms with Crippen molar-refractivity contribution in [1.82, 2.24) is 10.4 Å². The van der Waals surface area contributed by atoms with Gasteiger partial charge < -0.3 is 5.73 Å². The molecule has 3 unspecified atom stereocenters. The summed E-state index contributed by atoms with van der Waals surface area (Å²) in [6, 6.07) is -1.88. The molecular weight excluding hydrogens is 245 g/mol. The minimum Gasteiger partial charge on any atom is -0.386 e. The topological polar surface area (TPSA) is 53.6 Å². The van der Waals surface area contributed by atoms with Gasteiger partial charge in [-0.2, -0.15) is 18.2 Å². The van der Waals surface area contributed by atoms with Crippen LogP contribution in [0.4, 0.5) is 13.2 Å². The van der Waals surface area contributed by atoms with Crippen molar-refractivity contribution < 1.29 is 13.2 Å². The molecule has 3 rings (SSSR count). The molecule has 0 radical (unpaired) electrons. The van der Waals surface area contributed by atoms with Gasteiger partial charge in [-0.3, -0.25) is 0 Å². The number of nitrogens with two attached hydrogens (primary N) is 1. The monoisotopic (exact) mass is 258 g/mol. The average molecular weight is 258 g/mol. The minimum absolute atomic E-state index is 0.243. The number of fused-ring (bicyclic) bond motifs is 1. The van der Waals surface area contributed by atoms with Crippen LogP contribution < -0.4 is 11.2 Å². The van der Waals surface area contributed by atoms with E-state index in [1.165, 1.54) is 5.01 Å². The number of rotatable bonds is 1. The summed E-state index contributed by atoms with van der Waals surface area (Å²) in [7, 11) is 0. The molecule has 0 aromatic heterocycles. The molecule has 7 heteroatoms. The zero-order valence-electron chi connectivity index (χ0n) is 9.54. The fourth-order valence-corrected chi connectivity index (χ4v) is 2.37. The number of nitrogens with zero attached hydrogens (tertiary/aromatic N) is 2. The highest BCUT2D eigenvalue weighted by Crippen LogP contribution is 2.38. The number of hydrazine groups is 1. The van der Waals surface area contributed by atoms with Crippen molar-refractivity contribution in [3.05, 3.63) is 0 Å². The normalized spacial score (nSPS) is 36.4. The van der Waals surface area contributed by atoms with E-state index in [4.69, 9.17) is 5.73 Å². The minimum atomic E-state index is -4.31. The molecule has 1 saturated carbocycles. The lowest BCUT2D eigenvalue weighted by Gasteiger charge is -2.31. The van der Waals surface area contributed by atoms with Gasteiger partial charge in [0.1, 0.15) is 11.9 Å². The Morgan fingerprint density at radius 1 is 1.39 bits per heavy atom. The maximum absolute atomic E-state index is 12.8. The summed E-state index contributed by atoms with van der Waals surface area (Å²) in [6.07, 6.45) is -3.17. The predicted octanol–water partition coefficient (Wildman–Crippen LogP) is 0.606. The van der Waals surface area contributed by atoms with E-state index < -0.39 is 18.4 Å². The number of alkyl halides is 3. The van der Waals surface area contributed by atoms with Crippen LogP contribution in [0.25, 0.3) is 0 Å². The summed E-state index contributed by atoms with van der Waals surface area (Å²) in [5.74, 6) is 5.97. The van der Waals surface area contributed by atoms with Gasteiger partial charge in [0, 0.05) is 6.42 Å². The summed E-state index contributed by atoms with van der Waals surface area (Å²) < 4.78 is 38.4. The van der Waals surface area contributed by atoms with Gasteiger partial charge in [-0.1, -0.05) is 11.8 Å². The summed E-state index contributed by atoms with van der Waals surface area (Å²) in [5, 5.41) is 1.49. The molecule has 2 aliphatic heterocycles. The first-order valence-corrected chi connectivity index (χ1v) is 5.89. The highest BCUT2D eigenvalue weighted by Gasteiger charge is 2.49. The largest absolute Gasteiger partial charge is 0.406 e. The molecule has 3 N–H and O–H groups in total. The van der Waals surface area contributed by atoms with Crippen LogP contribution in [0.3, 0.4) is 0 Å². The molecule has 2 heterocycles. The van der Waals surface area contributed by atoms with Crippen LogP contribution in [0.2, 0.25) is 0 Å². The molecule has 1 aliphatic carbocycles. The molecule has 18 heavy (non-hydrogen) atoms. The number of hydrogen-bond donors (Lipinski definition) is 2. The second-order valence-corrected chi connectivity index (χ2v) is 4.87. The third-order valence-electron chi connectivity index (χ3n) is 3.44. The first-order valence-electron chi connectivity index (χ1n) is 5.89. The van der Waals surface area contributed by atoms with Gasteiger partial charge >= 0.3 is 6.18 Å². The molecule has 0 saturated heterocycles. The van der Waals surface area contributed by atoms with Gasteiger partial charge in [-0.05, 0) is 18.8 Å². The number of amidine groups is 1. The third kappa shape index (κ3) is 1.95. The first-order chi connectivity index (χ1) is 8.47. The Hall–Kier alpha value is -1.26. The Morgan fingerprint density at radius 2 is 2.11 bits per heavy atom. The Bertz CT molecular complexity index is 443. The highest BCUT2D eigenvalue weighted by molar-refractivity contribution is 5.88. The molecule has 98 valence electrons. The van der Waals surface area contributed by atoms with Gasteiger partial charge in [-0.15, -0.1) is 0 Å². The maximum atomic E-state index is 12.8. The van der Waals surface area contributed by atoms with E-state index in [1.807, 2.05) is 0 Å². The van der Waals surface area contributed by atoms with E-state index in [2.05, 4.69) is 22.3 Å². The third-order valence-corrected chi connectivity index (χ3v) is 3.44. The molecule has 0 spiro atoms. The van der Waals surface area contributed by atoms with Gasteiger partial charge in [0.15, 0.2) is 6.17 Å². The molecule has 3 aliphatic rings. The molecule has 0 bridgehead atoms. The van der Waals surface area contributed by atoms with Crippen molar-refractivity contribution >= 4 is 5.84 Å². The molecule has 0 aromatic carbocycles. The number of nitrogens with one attached hydrogen (secondary N) is 1. The SMILES string of the molecule is NC1=NC2C#CCC(C(F)(F)F)NN2C1C1CC1. The van der Waals surface area contributed by atoms with E-state index >= 15 is 0 Å². The van der Waals surface area contributed by atoms with Crippen molar-refractivity contribution in [2.75, 3.05) is 0 Å². The van der Waals surface area contributed by atoms with E-state index in [0.717, 1.165) is 12.8 Å². The van der Waals surface area contributed by atoms with Crippen molar-refractivity contribution in [3.8, 4) is 11.8 Å². The van der Waals surface area contributed by atoms with Crippen LogP contribution in [-0.4, -0.2) is 35.3 Å². The Kier molecular flexibility index (Phi) is 2.54.